The number of aryl methyl sites for hydroxylation is 1. The number of aromatic amines is 1. The number of aliphatic imine (C=N–C) groups is 1. The highest BCUT2D eigenvalue weighted by Crippen LogP contribution is 2.32. The summed E-state index contributed by atoms with van der Waals surface area (Å²) in [7, 11) is 0. The van der Waals surface area contributed by atoms with E-state index in [1.165, 1.54) is 0 Å². The molecule has 1 aliphatic rings. The molecule has 4 heteroatoms. The molecule has 1 heterocycles. The number of carbonyl (C=O) groups is 2. The van der Waals surface area contributed by atoms with Gasteiger partial charge in [-0.05, 0) is 24.8 Å². The van der Waals surface area contributed by atoms with E-state index >= 15 is 0 Å². The van der Waals surface area contributed by atoms with Gasteiger partial charge in [0.05, 0.1) is 6.42 Å². The molecule has 0 saturated heterocycles. The molecule has 0 aliphatic heterocycles. The van der Waals surface area contributed by atoms with Gasteiger partial charge < -0.3 is 4.98 Å². The van der Waals surface area contributed by atoms with Gasteiger partial charge in [0.25, 0.3) is 5.91 Å². The Balaban J connectivity index is 2.22. The highest BCUT2D eigenvalue weighted by molar-refractivity contribution is 6.11. The van der Waals surface area contributed by atoms with Gasteiger partial charge in [-0.15, -0.1) is 0 Å². The summed E-state index contributed by atoms with van der Waals surface area (Å²) in [4.78, 5) is 29.9. The Kier molecular flexibility index (Phi) is 2.37. The lowest BCUT2D eigenvalue weighted by Crippen LogP contribution is -2.09. The van der Waals surface area contributed by atoms with E-state index in [0.29, 0.717) is 12.8 Å². The van der Waals surface area contributed by atoms with E-state index in [9.17, 15) is 9.59 Å². The Hall–Kier alpha value is -2.23. The van der Waals surface area contributed by atoms with Crippen molar-refractivity contribution in [3.8, 4) is 0 Å². The largest absolute Gasteiger partial charge is 0.358 e. The molecule has 1 aliphatic carbocycles. The zero-order valence-corrected chi connectivity index (χ0v) is 9.82. The Labute approximate surface area is 104 Å². The first-order chi connectivity index (χ1) is 8.70. The van der Waals surface area contributed by atoms with E-state index in [1.807, 2.05) is 18.2 Å². The van der Waals surface area contributed by atoms with Crippen molar-refractivity contribution in [3.63, 3.8) is 0 Å². The van der Waals surface area contributed by atoms with Gasteiger partial charge in [-0.1, -0.05) is 12.1 Å². The van der Waals surface area contributed by atoms with Gasteiger partial charge in [-0.2, -0.15) is 0 Å². The minimum Gasteiger partial charge on any atom is -0.358 e. The van der Waals surface area contributed by atoms with Crippen LogP contribution in [0.2, 0.25) is 0 Å². The molecule has 0 unspecified atom stereocenters. The van der Waals surface area contributed by atoms with Crippen LogP contribution in [0.3, 0.4) is 0 Å². The number of aromatic nitrogens is 1. The third kappa shape index (κ3) is 1.49. The number of Topliss-reactive ketones (excluding diaryl/α,β-unsaturated/α-hetero) is 1. The first kappa shape index (κ1) is 10.9. The second kappa shape index (κ2) is 3.91. The Morgan fingerprint density at radius 1 is 1.39 bits per heavy atom. The van der Waals surface area contributed by atoms with Crippen LogP contribution in [0.25, 0.3) is 10.9 Å². The molecule has 1 aromatic heterocycles. The lowest BCUT2D eigenvalue weighted by Gasteiger charge is -2.11. The highest BCUT2D eigenvalue weighted by Gasteiger charge is 2.23. The standard InChI is InChI=1S/C14H12N2O2/c1-15-13(18)7-11-8-5-6-12(17)9-3-2-4-10(16-11)14(8)9/h2-4,16H,1,5-7H2. The first-order valence-corrected chi connectivity index (χ1v) is 5.86. The number of amides is 1. The van der Waals surface area contributed by atoms with Crippen LogP contribution in [0.1, 0.15) is 28.0 Å². The zero-order valence-electron chi connectivity index (χ0n) is 9.82. The molecule has 0 bridgehead atoms. The van der Waals surface area contributed by atoms with Gasteiger partial charge in [0.15, 0.2) is 5.78 Å². The molecule has 18 heavy (non-hydrogen) atoms. The van der Waals surface area contributed by atoms with E-state index in [-0.39, 0.29) is 18.1 Å². The molecule has 1 N–H and O–H groups in total. The smallest absolute Gasteiger partial charge is 0.250 e. The van der Waals surface area contributed by atoms with Crippen LogP contribution in [0.5, 0.6) is 0 Å². The van der Waals surface area contributed by atoms with Crippen LogP contribution >= 0.6 is 0 Å². The van der Waals surface area contributed by atoms with Crippen molar-refractivity contribution in [1.82, 2.24) is 4.98 Å². The van der Waals surface area contributed by atoms with E-state index in [2.05, 4.69) is 16.7 Å². The summed E-state index contributed by atoms with van der Waals surface area (Å²) in [5.74, 6) is -0.0805. The molecule has 2 aromatic rings. The van der Waals surface area contributed by atoms with Crippen molar-refractivity contribution in [2.45, 2.75) is 19.3 Å². The quantitative estimate of drug-likeness (QED) is 0.817. The molecule has 1 aromatic carbocycles. The van der Waals surface area contributed by atoms with Crippen LogP contribution in [0.4, 0.5) is 0 Å². The number of rotatable bonds is 2. The fourth-order valence-electron chi connectivity index (χ4n) is 2.61. The van der Waals surface area contributed by atoms with Crippen molar-refractivity contribution in [2.24, 2.45) is 4.99 Å². The average molecular weight is 240 g/mol. The van der Waals surface area contributed by atoms with Gasteiger partial charge in [0.2, 0.25) is 0 Å². The summed E-state index contributed by atoms with van der Waals surface area (Å²) in [6.45, 7) is 3.24. The van der Waals surface area contributed by atoms with E-state index < -0.39 is 0 Å². The molecule has 90 valence electrons. The van der Waals surface area contributed by atoms with Gasteiger partial charge in [-0.3, -0.25) is 9.59 Å². The van der Waals surface area contributed by atoms with Crippen LogP contribution in [-0.4, -0.2) is 23.4 Å². The number of benzene rings is 1. The molecule has 1 amide bonds. The number of carbonyl (C=O) groups excluding carboxylic acids is 2. The summed E-state index contributed by atoms with van der Waals surface area (Å²) < 4.78 is 0. The number of hydrogen-bond donors (Lipinski definition) is 1. The third-order valence-corrected chi connectivity index (χ3v) is 3.42. The van der Waals surface area contributed by atoms with E-state index in [4.69, 9.17) is 0 Å². The van der Waals surface area contributed by atoms with Crippen LogP contribution < -0.4 is 0 Å². The highest BCUT2D eigenvalue weighted by atomic mass is 16.1. The predicted molar refractivity (Wildman–Crippen MR) is 69.2 cm³/mol. The summed E-state index contributed by atoms with van der Waals surface area (Å²) in [5, 5.41) is 0.973. The molecule has 0 radical (unpaired) electrons. The first-order valence-electron chi connectivity index (χ1n) is 5.86. The van der Waals surface area contributed by atoms with Crippen LogP contribution in [0.15, 0.2) is 23.2 Å². The average Bonchev–Trinajstić information content (AvgIpc) is 2.73. The molecule has 0 fully saturated rings. The minimum absolute atomic E-state index is 0.173. The van der Waals surface area contributed by atoms with E-state index in [0.717, 1.165) is 27.7 Å². The Bertz CT molecular complexity index is 682. The molecule has 0 spiro atoms. The predicted octanol–water partition coefficient (Wildman–Crippen LogP) is 2.07. The molecular formula is C14H12N2O2. The van der Waals surface area contributed by atoms with Crippen LogP contribution in [0, 0.1) is 0 Å². The van der Waals surface area contributed by atoms with Gasteiger partial charge >= 0.3 is 0 Å². The van der Waals surface area contributed by atoms with Crippen molar-refractivity contribution in [2.75, 3.05) is 0 Å². The Morgan fingerprint density at radius 2 is 2.22 bits per heavy atom. The van der Waals surface area contributed by atoms with Gasteiger partial charge in [0.1, 0.15) is 0 Å². The van der Waals surface area contributed by atoms with Crippen molar-refractivity contribution in [1.29, 1.82) is 0 Å². The summed E-state index contributed by atoms with van der Waals surface area (Å²) in [6.07, 6.45) is 1.42. The third-order valence-electron chi connectivity index (χ3n) is 3.42. The second-order valence-electron chi connectivity index (χ2n) is 4.46. The normalized spacial score (nSPS) is 13.9. The molecule has 0 saturated carbocycles. The van der Waals surface area contributed by atoms with Crippen molar-refractivity contribution >= 4 is 29.3 Å². The maximum atomic E-state index is 11.9. The maximum Gasteiger partial charge on any atom is 0.250 e. The second-order valence-corrected chi connectivity index (χ2v) is 4.46. The summed E-state index contributed by atoms with van der Waals surface area (Å²) in [6, 6.07) is 5.63. The number of nitrogens with one attached hydrogen (secondary N) is 1. The number of ketones is 1. The Morgan fingerprint density at radius 3 is 3.00 bits per heavy atom. The fourth-order valence-corrected chi connectivity index (χ4v) is 2.61. The minimum atomic E-state index is -0.253. The summed E-state index contributed by atoms with van der Waals surface area (Å²) in [5.41, 5.74) is 3.62. The summed E-state index contributed by atoms with van der Waals surface area (Å²) >= 11 is 0. The van der Waals surface area contributed by atoms with Gasteiger partial charge in [0, 0.05) is 28.6 Å². The molecular weight excluding hydrogens is 228 g/mol. The number of H-pyrrole nitrogens is 1. The lowest BCUT2D eigenvalue weighted by atomic mass is 9.90. The van der Waals surface area contributed by atoms with Crippen molar-refractivity contribution < 1.29 is 9.59 Å². The fraction of sp³-hybridized carbons (Fsp3) is 0.214. The zero-order chi connectivity index (χ0) is 12.7. The van der Waals surface area contributed by atoms with E-state index in [1.54, 1.807) is 0 Å². The molecule has 4 nitrogen and oxygen atoms in total. The maximum absolute atomic E-state index is 11.9. The lowest BCUT2D eigenvalue weighted by molar-refractivity contribution is -0.117. The molecule has 3 rings (SSSR count). The number of hydrogen-bond acceptors (Lipinski definition) is 2. The van der Waals surface area contributed by atoms with Crippen LogP contribution in [-0.2, 0) is 17.6 Å². The monoisotopic (exact) mass is 240 g/mol. The number of nitrogens with zero attached hydrogens (tertiary/aromatic N) is 1. The SMILES string of the molecule is C=NC(=O)Cc1[nH]c2cccc3c2c1CCC3=O. The van der Waals surface area contributed by atoms with Gasteiger partial charge in [-0.25, -0.2) is 4.99 Å². The topological polar surface area (TPSA) is 62.3 Å². The van der Waals surface area contributed by atoms with Crippen molar-refractivity contribution in [3.05, 3.63) is 35.0 Å². The molecule has 0 atom stereocenters.